The highest BCUT2D eigenvalue weighted by Crippen LogP contribution is 2.40. The van der Waals surface area contributed by atoms with E-state index in [1.807, 2.05) is 0 Å². The zero-order chi connectivity index (χ0) is 20.4. The number of aliphatic carboxylic acids is 1. The number of rotatable bonds is 5. The Morgan fingerprint density at radius 1 is 1.14 bits per heavy atom. The van der Waals surface area contributed by atoms with Crippen LogP contribution in [0.5, 0.6) is 5.75 Å². The van der Waals surface area contributed by atoms with Crippen LogP contribution in [0.1, 0.15) is 40.5 Å². The number of hydrogen-bond acceptors (Lipinski definition) is 7. The number of fused-ring (bicyclic) bond motifs is 1. The van der Waals surface area contributed by atoms with Crippen LogP contribution in [0.15, 0.2) is 30.6 Å². The maximum atomic E-state index is 12.7. The standard InChI is InChI=1S/C20H22N4O5/c25-16-3-1-2-12-13(16)8-14(20(27)28)18(12)24-19(26)15-9-22-17(10-21-15)23-11-4-6-29-7-5-11/h1-3,9-11,14,18,25H,4-8H2,(H,22,23)(H,24,26)(H,27,28)/t14-,18+/m1/s1. The summed E-state index contributed by atoms with van der Waals surface area (Å²) in [6.45, 7) is 1.41. The van der Waals surface area contributed by atoms with Crippen LogP contribution >= 0.6 is 0 Å². The number of phenolic OH excluding ortho intramolecular Hbond substituents is 1. The Bertz CT molecular complexity index is 912. The van der Waals surface area contributed by atoms with E-state index in [2.05, 4.69) is 20.6 Å². The van der Waals surface area contributed by atoms with Gasteiger partial charge in [0.05, 0.1) is 24.4 Å². The number of nitrogens with one attached hydrogen (secondary N) is 2. The molecule has 0 saturated carbocycles. The third-order valence-corrected chi connectivity index (χ3v) is 5.41. The van der Waals surface area contributed by atoms with Crippen LogP contribution in [0.25, 0.3) is 0 Å². The van der Waals surface area contributed by atoms with Gasteiger partial charge in [-0.25, -0.2) is 9.97 Å². The van der Waals surface area contributed by atoms with Gasteiger partial charge in [-0.2, -0.15) is 0 Å². The van der Waals surface area contributed by atoms with Crippen molar-refractivity contribution < 1.29 is 24.5 Å². The highest BCUT2D eigenvalue weighted by Gasteiger charge is 2.39. The average Bonchev–Trinajstić information content (AvgIpc) is 3.09. The van der Waals surface area contributed by atoms with Crippen LogP contribution in [0.2, 0.25) is 0 Å². The Labute approximate surface area is 167 Å². The highest BCUT2D eigenvalue weighted by atomic mass is 16.5. The van der Waals surface area contributed by atoms with Crippen molar-refractivity contribution in [3.05, 3.63) is 47.4 Å². The summed E-state index contributed by atoms with van der Waals surface area (Å²) < 4.78 is 5.32. The van der Waals surface area contributed by atoms with Crippen LogP contribution in [0.4, 0.5) is 5.82 Å². The Morgan fingerprint density at radius 2 is 1.93 bits per heavy atom. The molecule has 1 aliphatic carbocycles. The van der Waals surface area contributed by atoms with Crippen LogP contribution < -0.4 is 10.6 Å². The number of aromatic hydroxyl groups is 1. The van der Waals surface area contributed by atoms with E-state index < -0.39 is 23.8 Å². The first-order chi connectivity index (χ1) is 14.0. The molecule has 152 valence electrons. The molecule has 1 saturated heterocycles. The lowest BCUT2D eigenvalue weighted by molar-refractivity contribution is -0.142. The van der Waals surface area contributed by atoms with E-state index in [1.165, 1.54) is 18.5 Å². The van der Waals surface area contributed by atoms with Gasteiger partial charge in [-0.1, -0.05) is 12.1 Å². The predicted octanol–water partition coefficient (Wildman–Crippen LogP) is 1.50. The maximum Gasteiger partial charge on any atom is 0.309 e. The number of carboxylic acids is 1. The van der Waals surface area contributed by atoms with Gasteiger partial charge in [0.25, 0.3) is 5.91 Å². The highest BCUT2D eigenvalue weighted by molar-refractivity contribution is 5.93. The predicted molar refractivity (Wildman–Crippen MR) is 103 cm³/mol. The molecule has 0 spiro atoms. The number of nitrogens with zero attached hydrogens (tertiary/aromatic N) is 2. The monoisotopic (exact) mass is 398 g/mol. The minimum atomic E-state index is -1.03. The lowest BCUT2D eigenvalue weighted by Gasteiger charge is -2.23. The minimum Gasteiger partial charge on any atom is -0.508 e. The van der Waals surface area contributed by atoms with Crippen LogP contribution in [-0.4, -0.2) is 51.3 Å². The van der Waals surface area contributed by atoms with Crippen molar-refractivity contribution in [1.29, 1.82) is 0 Å². The van der Waals surface area contributed by atoms with Crippen molar-refractivity contribution in [2.24, 2.45) is 5.92 Å². The molecule has 2 aromatic rings. The minimum absolute atomic E-state index is 0.0360. The molecule has 2 heterocycles. The molecule has 1 amide bonds. The fourth-order valence-electron chi connectivity index (χ4n) is 3.85. The number of benzene rings is 1. The molecule has 9 nitrogen and oxygen atoms in total. The summed E-state index contributed by atoms with van der Waals surface area (Å²) in [5.74, 6) is -1.79. The second kappa shape index (κ2) is 8.04. The van der Waals surface area contributed by atoms with Gasteiger partial charge in [-0.15, -0.1) is 0 Å². The Kier molecular flexibility index (Phi) is 5.30. The van der Waals surface area contributed by atoms with Gasteiger partial charge in [0.2, 0.25) is 0 Å². The van der Waals surface area contributed by atoms with Gasteiger partial charge < -0.3 is 25.6 Å². The third-order valence-electron chi connectivity index (χ3n) is 5.41. The van der Waals surface area contributed by atoms with Crippen LogP contribution in [0, 0.1) is 5.92 Å². The Balaban J connectivity index is 1.47. The molecule has 0 unspecified atom stereocenters. The van der Waals surface area contributed by atoms with Gasteiger partial charge in [0, 0.05) is 24.8 Å². The van der Waals surface area contributed by atoms with Crippen LogP contribution in [0.3, 0.4) is 0 Å². The number of amides is 1. The zero-order valence-electron chi connectivity index (χ0n) is 15.7. The average molecular weight is 398 g/mol. The summed E-state index contributed by atoms with van der Waals surface area (Å²) >= 11 is 0. The molecule has 4 N–H and O–H groups in total. The Morgan fingerprint density at radius 3 is 2.62 bits per heavy atom. The fraction of sp³-hybridized carbons (Fsp3) is 0.400. The second-order valence-electron chi connectivity index (χ2n) is 7.26. The molecule has 29 heavy (non-hydrogen) atoms. The van der Waals surface area contributed by atoms with Gasteiger partial charge in [0.1, 0.15) is 17.3 Å². The number of carboxylic acid groups (broad SMARTS) is 1. The van der Waals surface area contributed by atoms with Crippen molar-refractivity contribution >= 4 is 17.7 Å². The topological polar surface area (TPSA) is 134 Å². The number of anilines is 1. The quantitative estimate of drug-likeness (QED) is 0.595. The number of ether oxygens (including phenoxy) is 1. The molecule has 1 aliphatic heterocycles. The first kappa shape index (κ1) is 19.1. The largest absolute Gasteiger partial charge is 0.508 e. The summed E-state index contributed by atoms with van der Waals surface area (Å²) in [4.78, 5) is 32.7. The molecule has 1 aromatic carbocycles. The molecule has 4 rings (SSSR count). The summed E-state index contributed by atoms with van der Waals surface area (Å²) in [6.07, 6.45) is 4.78. The summed E-state index contributed by atoms with van der Waals surface area (Å²) in [5, 5.41) is 25.6. The summed E-state index contributed by atoms with van der Waals surface area (Å²) in [6, 6.07) is 4.38. The number of aromatic nitrogens is 2. The molecule has 2 atom stereocenters. The van der Waals surface area contributed by atoms with E-state index >= 15 is 0 Å². The van der Waals surface area contributed by atoms with Gasteiger partial charge >= 0.3 is 5.97 Å². The first-order valence-electron chi connectivity index (χ1n) is 9.53. The van der Waals surface area contributed by atoms with Crippen molar-refractivity contribution in [1.82, 2.24) is 15.3 Å². The lowest BCUT2D eigenvalue weighted by atomic mass is 10.0. The molecule has 1 aromatic heterocycles. The first-order valence-corrected chi connectivity index (χ1v) is 9.53. The van der Waals surface area contributed by atoms with Gasteiger partial charge in [-0.3, -0.25) is 9.59 Å². The molecule has 2 aliphatic rings. The third kappa shape index (κ3) is 4.00. The maximum absolute atomic E-state index is 12.7. The lowest BCUT2D eigenvalue weighted by Crippen LogP contribution is -2.35. The van der Waals surface area contributed by atoms with Crippen LogP contribution in [-0.2, 0) is 16.0 Å². The van der Waals surface area contributed by atoms with Gasteiger partial charge in [-0.05, 0) is 30.9 Å². The fourth-order valence-corrected chi connectivity index (χ4v) is 3.85. The SMILES string of the molecule is O=C(N[C@H]1c2cccc(O)c2C[C@H]1C(=O)O)c1cnc(NC2CCOCC2)cn1. The van der Waals surface area contributed by atoms with Crippen molar-refractivity contribution in [3.8, 4) is 5.75 Å². The van der Waals surface area contributed by atoms with Gasteiger partial charge in [0.15, 0.2) is 0 Å². The normalized spacial score (nSPS) is 21.4. The molecular weight excluding hydrogens is 376 g/mol. The number of carbonyl (C=O) groups excluding carboxylic acids is 1. The van der Waals surface area contributed by atoms with Crippen molar-refractivity contribution in [2.45, 2.75) is 31.3 Å². The van der Waals surface area contributed by atoms with E-state index in [0.717, 1.165) is 12.8 Å². The van der Waals surface area contributed by atoms with E-state index in [1.54, 1.807) is 12.1 Å². The van der Waals surface area contributed by atoms with E-state index in [0.29, 0.717) is 30.2 Å². The van der Waals surface area contributed by atoms with Crippen molar-refractivity contribution in [3.63, 3.8) is 0 Å². The second-order valence-corrected chi connectivity index (χ2v) is 7.26. The van der Waals surface area contributed by atoms with Crippen molar-refractivity contribution in [2.75, 3.05) is 18.5 Å². The number of phenols is 1. The summed E-state index contributed by atoms with van der Waals surface area (Å²) in [7, 11) is 0. The zero-order valence-corrected chi connectivity index (χ0v) is 15.7. The number of carbonyl (C=O) groups is 2. The molecule has 0 bridgehead atoms. The molecular formula is C20H22N4O5. The molecule has 0 radical (unpaired) electrons. The summed E-state index contributed by atoms with van der Waals surface area (Å²) in [5.41, 5.74) is 1.25. The Hall–Kier alpha value is -3.20. The van der Waals surface area contributed by atoms with E-state index in [-0.39, 0.29) is 23.9 Å². The van der Waals surface area contributed by atoms with E-state index in [4.69, 9.17) is 4.74 Å². The molecule has 9 heteroatoms. The number of hydrogen-bond donors (Lipinski definition) is 4. The molecule has 1 fully saturated rings. The van der Waals surface area contributed by atoms with E-state index in [9.17, 15) is 19.8 Å². The smallest absolute Gasteiger partial charge is 0.309 e.